The van der Waals surface area contributed by atoms with Crippen molar-refractivity contribution >= 4 is 44.1 Å². The fraction of sp³-hybridized carbons (Fsp3) is 0.551. The molecule has 0 saturated heterocycles. The van der Waals surface area contributed by atoms with Crippen molar-refractivity contribution in [2.75, 3.05) is 0 Å². The average Bonchev–Trinajstić information content (AvgIpc) is 3.90. The van der Waals surface area contributed by atoms with E-state index in [1.54, 1.807) is 0 Å². The van der Waals surface area contributed by atoms with Crippen LogP contribution >= 0.6 is 0 Å². The maximum Gasteiger partial charge on any atom is 0.0771 e. The zero-order valence-electron chi connectivity index (χ0n) is 34.8. The summed E-state index contributed by atoms with van der Waals surface area (Å²) < 4.78 is 0. The SMILES string of the molecule is CCCCCCCCCCc1ccc2c3nc(cc4[nH]c(cc5[nH]c(cc6nc2c1C6(CC)CC)c(CC)c5CC)c(CC)c4CC)C(CC)=C3CC. The van der Waals surface area contributed by atoms with Crippen molar-refractivity contribution in [2.24, 2.45) is 0 Å². The molecule has 4 nitrogen and oxygen atoms in total. The van der Waals surface area contributed by atoms with E-state index in [1.165, 1.54) is 135 Å². The number of unbranched alkanes of at least 4 members (excludes halogenated alkanes) is 7. The Morgan fingerprint density at radius 3 is 1.58 bits per heavy atom. The van der Waals surface area contributed by atoms with E-state index < -0.39 is 0 Å². The lowest BCUT2D eigenvalue weighted by molar-refractivity contribution is 0.477. The second-order valence-electron chi connectivity index (χ2n) is 15.7. The molecule has 1 aromatic carbocycles. The molecular weight excluding hydrogens is 645 g/mol. The van der Waals surface area contributed by atoms with Gasteiger partial charge in [-0.1, -0.05) is 119 Å². The predicted octanol–water partition coefficient (Wildman–Crippen LogP) is 14.2. The summed E-state index contributed by atoms with van der Waals surface area (Å²) in [4.78, 5) is 19.3. The van der Waals surface area contributed by atoms with Crippen molar-refractivity contribution in [3.05, 3.63) is 80.8 Å². The van der Waals surface area contributed by atoms with Gasteiger partial charge in [0.1, 0.15) is 0 Å². The first-order valence-electron chi connectivity index (χ1n) is 21.8. The van der Waals surface area contributed by atoms with Gasteiger partial charge in [0.25, 0.3) is 0 Å². The Balaban J connectivity index is 1.69. The van der Waals surface area contributed by atoms with Crippen LogP contribution in [0.2, 0.25) is 0 Å². The summed E-state index contributed by atoms with van der Waals surface area (Å²) in [7, 11) is 0. The second-order valence-corrected chi connectivity index (χ2v) is 15.7. The molecule has 0 saturated carbocycles. The smallest absolute Gasteiger partial charge is 0.0771 e. The Morgan fingerprint density at radius 2 is 1.06 bits per heavy atom. The number of nitrogens with one attached hydrogen (secondary N) is 2. The van der Waals surface area contributed by atoms with E-state index in [2.05, 4.69) is 103 Å². The van der Waals surface area contributed by atoms with Gasteiger partial charge in [0.05, 0.1) is 22.6 Å². The van der Waals surface area contributed by atoms with Crippen LogP contribution in [0, 0.1) is 0 Å². The molecule has 2 aliphatic rings. The van der Waals surface area contributed by atoms with Crippen molar-refractivity contribution in [3.8, 4) is 0 Å². The topological polar surface area (TPSA) is 57.4 Å². The Hall–Kier alpha value is -3.66. The van der Waals surface area contributed by atoms with E-state index in [0.29, 0.717) is 0 Å². The standard InChI is InChI=1S/C49H68N4/c1-10-19-20-21-22-23-24-25-26-32-27-28-39-47-38(16-7)37(15-6)43(52-47)30-42-34(12-3)33(11-2)40(50-42)29-41-35(13-4)36(14-5)44(51-41)31-45-49(17-8,18-9)46(32)48(39)53-45/h27-31,50-51H,10-26H2,1-9H3. The Morgan fingerprint density at radius 1 is 0.528 bits per heavy atom. The molecule has 0 atom stereocenters. The molecular formula is C49H68N4. The summed E-state index contributed by atoms with van der Waals surface area (Å²) in [5.41, 5.74) is 20.8. The van der Waals surface area contributed by atoms with Crippen molar-refractivity contribution in [1.82, 2.24) is 19.9 Å². The first-order chi connectivity index (χ1) is 25.9. The molecule has 8 bridgehead atoms. The molecule has 0 aliphatic carbocycles. The van der Waals surface area contributed by atoms with Gasteiger partial charge in [0, 0.05) is 32.9 Å². The predicted molar refractivity (Wildman–Crippen MR) is 231 cm³/mol. The minimum absolute atomic E-state index is 0.137. The summed E-state index contributed by atoms with van der Waals surface area (Å²) >= 11 is 0. The van der Waals surface area contributed by atoms with Gasteiger partial charge < -0.3 is 9.97 Å². The van der Waals surface area contributed by atoms with Gasteiger partial charge in [-0.25, -0.2) is 4.98 Å². The van der Waals surface area contributed by atoms with Crippen molar-refractivity contribution in [3.63, 3.8) is 0 Å². The molecule has 4 aromatic rings. The van der Waals surface area contributed by atoms with Crippen LogP contribution in [-0.2, 0) is 37.5 Å². The molecule has 5 heterocycles. The fourth-order valence-corrected chi connectivity index (χ4v) is 10.1. The van der Waals surface area contributed by atoms with Crippen LogP contribution in [0.15, 0.2) is 30.3 Å². The molecule has 0 fully saturated rings. The maximum atomic E-state index is 5.77. The Kier molecular flexibility index (Phi) is 12.7. The van der Waals surface area contributed by atoms with Gasteiger partial charge in [-0.05, 0) is 127 Å². The Labute approximate surface area is 320 Å². The first kappa shape index (κ1) is 39.0. The minimum Gasteiger partial charge on any atom is -0.355 e. The number of aromatic amines is 2. The zero-order valence-corrected chi connectivity index (χ0v) is 34.8. The highest BCUT2D eigenvalue weighted by Gasteiger charge is 2.40. The van der Waals surface area contributed by atoms with Gasteiger partial charge in [0.15, 0.2) is 0 Å². The molecule has 2 N–H and O–H groups in total. The molecule has 6 rings (SSSR count). The van der Waals surface area contributed by atoms with Crippen molar-refractivity contribution < 1.29 is 0 Å². The summed E-state index contributed by atoms with van der Waals surface area (Å²) in [6.07, 6.45) is 19.8. The van der Waals surface area contributed by atoms with E-state index >= 15 is 0 Å². The van der Waals surface area contributed by atoms with Gasteiger partial charge in [-0.15, -0.1) is 0 Å². The van der Waals surface area contributed by atoms with Gasteiger partial charge in [-0.3, -0.25) is 4.98 Å². The summed E-state index contributed by atoms with van der Waals surface area (Å²) in [6, 6.07) is 12.1. The van der Waals surface area contributed by atoms with Crippen molar-refractivity contribution in [2.45, 2.75) is 177 Å². The molecule has 0 spiro atoms. The highest BCUT2D eigenvalue weighted by molar-refractivity contribution is 6.02. The maximum absolute atomic E-state index is 5.77. The minimum atomic E-state index is -0.137. The van der Waals surface area contributed by atoms with E-state index in [1.807, 2.05) is 0 Å². The number of rotatable bonds is 17. The lowest BCUT2D eigenvalue weighted by Gasteiger charge is -2.30. The quantitative estimate of drug-likeness (QED) is 0.107. The molecule has 53 heavy (non-hydrogen) atoms. The number of aromatic nitrogens is 4. The largest absolute Gasteiger partial charge is 0.355 e. The highest BCUT2D eigenvalue weighted by atomic mass is 14.8. The number of H-pyrrole nitrogens is 2. The number of aryl methyl sites for hydroxylation is 5. The van der Waals surface area contributed by atoms with Crippen molar-refractivity contribution in [1.29, 1.82) is 0 Å². The van der Waals surface area contributed by atoms with Crippen LogP contribution in [-0.4, -0.2) is 19.9 Å². The molecule has 0 radical (unpaired) electrons. The monoisotopic (exact) mass is 713 g/mol. The van der Waals surface area contributed by atoms with Crippen LogP contribution in [0.25, 0.3) is 44.1 Å². The first-order valence-corrected chi connectivity index (χ1v) is 21.8. The van der Waals surface area contributed by atoms with Gasteiger partial charge in [0.2, 0.25) is 0 Å². The molecule has 284 valence electrons. The number of fused-ring (bicyclic) bond motifs is 8. The zero-order chi connectivity index (χ0) is 37.7. The molecule has 0 amide bonds. The lowest BCUT2D eigenvalue weighted by atomic mass is 9.71. The van der Waals surface area contributed by atoms with Crippen LogP contribution < -0.4 is 0 Å². The third-order valence-corrected chi connectivity index (χ3v) is 13.0. The second kappa shape index (κ2) is 17.2. The third kappa shape index (κ3) is 7.05. The average molecular weight is 713 g/mol. The number of benzene rings is 1. The van der Waals surface area contributed by atoms with Crippen LogP contribution in [0.3, 0.4) is 0 Å². The molecule has 0 unspecified atom stereocenters. The normalized spacial score (nSPS) is 14.0. The van der Waals surface area contributed by atoms with Crippen LogP contribution in [0.5, 0.6) is 0 Å². The lowest BCUT2D eigenvalue weighted by Crippen LogP contribution is -2.25. The summed E-state index contributed by atoms with van der Waals surface area (Å²) in [6.45, 7) is 20.9. The number of nitrogens with zero attached hydrogens (tertiary/aromatic N) is 2. The number of hydrogen-bond donors (Lipinski definition) is 2. The number of hydrogen-bond acceptors (Lipinski definition) is 2. The van der Waals surface area contributed by atoms with Gasteiger partial charge in [-0.2, -0.15) is 0 Å². The van der Waals surface area contributed by atoms with E-state index in [-0.39, 0.29) is 5.41 Å². The fourth-order valence-electron chi connectivity index (χ4n) is 10.1. The summed E-state index contributed by atoms with van der Waals surface area (Å²) in [5, 5.41) is 1.22. The van der Waals surface area contributed by atoms with E-state index in [0.717, 1.165) is 69.2 Å². The third-order valence-electron chi connectivity index (χ3n) is 13.0. The molecule has 2 aliphatic heterocycles. The number of allylic oxidation sites excluding steroid dienone is 2. The van der Waals surface area contributed by atoms with Crippen LogP contribution in [0.1, 0.15) is 190 Å². The molecule has 4 heteroatoms. The van der Waals surface area contributed by atoms with Crippen LogP contribution in [0.4, 0.5) is 0 Å². The summed E-state index contributed by atoms with van der Waals surface area (Å²) in [5.74, 6) is 0. The molecule has 3 aromatic heterocycles. The van der Waals surface area contributed by atoms with Gasteiger partial charge >= 0.3 is 0 Å². The highest BCUT2D eigenvalue weighted by Crippen LogP contribution is 2.48. The Bertz CT molecular complexity index is 2120. The van der Waals surface area contributed by atoms with E-state index in [9.17, 15) is 0 Å². The van der Waals surface area contributed by atoms with E-state index in [4.69, 9.17) is 9.97 Å².